The van der Waals surface area contributed by atoms with E-state index in [1.807, 2.05) is 5.32 Å². The van der Waals surface area contributed by atoms with Gasteiger partial charge in [-0.25, -0.2) is 4.79 Å². The van der Waals surface area contributed by atoms with E-state index in [4.69, 9.17) is 28.0 Å². The molecule has 0 aliphatic carbocycles. The molecule has 0 unspecified atom stereocenters. The van der Waals surface area contributed by atoms with Gasteiger partial charge in [-0.3, -0.25) is 28.8 Å². The van der Waals surface area contributed by atoms with E-state index in [2.05, 4.69) is 10.6 Å². The maximum absolute atomic E-state index is 12.1. The molecule has 12 N–H and O–H groups in total. The van der Waals surface area contributed by atoms with Crippen LogP contribution in [0.4, 0.5) is 0 Å². The first kappa shape index (κ1) is 25.2. The molecule has 29 heavy (non-hydrogen) atoms. The fourth-order valence-electron chi connectivity index (χ4n) is 1.94. The normalized spacial score (nSPS) is 13.3. The molecule has 15 heteroatoms. The third-order valence-corrected chi connectivity index (χ3v) is 3.26. The minimum atomic E-state index is -1.61. The summed E-state index contributed by atoms with van der Waals surface area (Å²) in [6, 6.07) is -4.51. The van der Waals surface area contributed by atoms with Crippen LogP contribution in [0.2, 0.25) is 0 Å². The lowest BCUT2D eigenvalue weighted by Gasteiger charge is -2.19. The van der Waals surface area contributed by atoms with Gasteiger partial charge in [-0.05, 0) is 0 Å². The van der Waals surface area contributed by atoms with Crippen molar-refractivity contribution in [1.29, 1.82) is 0 Å². The van der Waals surface area contributed by atoms with Gasteiger partial charge in [0.05, 0.1) is 31.8 Å². The first-order valence-electron chi connectivity index (χ1n) is 8.04. The summed E-state index contributed by atoms with van der Waals surface area (Å²) in [5, 5.41) is 15.0. The zero-order chi connectivity index (χ0) is 22.7. The van der Waals surface area contributed by atoms with Crippen LogP contribution in [0.1, 0.15) is 19.3 Å². The average molecular weight is 417 g/mol. The molecule has 6 amide bonds. The Morgan fingerprint density at radius 1 is 0.724 bits per heavy atom. The number of primary amides is 3. The van der Waals surface area contributed by atoms with Gasteiger partial charge in [0.15, 0.2) is 0 Å². The van der Waals surface area contributed by atoms with Gasteiger partial charge in [-0.2, -0.15) is 0 Å². The number of hydrogen-bond acceptors (Lipinski definition) is 8. The van der Waals surface area contributed by atoms with Gasteiger partial charge < -0.3 is 44.0 Å². The summed E-state index contributed by atoms with van der Waals surface area (Å²) in [5.41, 5.74) is 20.2. The molecule has 0 rings (SSSR count). The number of nitrogens with one attached hydrogen (secondary N) is 3. The lowest BCUT2D eigenvalue weighted by atomic mass is 10.1. The monoisotopic (exact) mass is 417 g/mol. The number of amides is 6. The highest BCUT2D eigenvalue weighted by atomic mass is 16.4. The Hall–Kier alpha value is -3.75. The Bertz CT molecular complexity index is 695. The molecule has 3 atom stereocenters. The maximum Gasteiger partial charge on any atom is 0.326 e. The van der Waals surface area contributed by atoms with Crippen LogP contribution in [0, 0.1) is 0 Å². The number of carbonyl (C=O) groups excluding carboxylic acids is 6. The standard InChI is InChI=1S/C14H23N7O8/c15-5(1-8(16)22)12(26)21-6(2-9(17)23)13(27)19-4-11(25)20-7(14(28)29)3-10(18)24/h5-7H,1-4,15H2,(H2,16,22)(H2,17,23)(H2,18,24)(H,19,27)(H,20,25)(H,21,26)(H,28,29)/t5-,6-,7-/m0/s1. The number of aliphatic carboxylic acids is 1. The molecule has 162 valence electrons. The van der Waals surface area contributed by atoms with E-state index in [0.29, 0.717) is 0 Å². The van der Waals surface area contributed by atoms with Crippen LogP contribution >= 0.6 is 0 Å². The molecule has 0 aromatic heterocycles. The zero-order valence-corrected chi connectivity index (χ0v) is 15.2. The Balaban J connectivity index is 4.89. The molecule has 0 fully saturated rings. The van der Waals surface area contributed by atoms with Crippen molar-refractivity contribution in [3.63, 3.8) is 0 Å². The van der Waals surface area contributed by atoms with Crippen molar-refractivity contribution in [1.82, 2.24) is 16.0 Å². The fraction of sp³-hybridized carbons (Fsp3) is 0.500. The molecule has 0 heterocycles. The van der Waals surface area contributed by atoms with E-state index in [0.717, 1.165) is 0 Å². The third-order valence-electron chi connectivity index (χ3n) is 3.26. The summed E-state index contributed by atoms with van der Waals surface area (Å²) in [6.45, 7) is -0.750. The van der Waals surface area contributed by atoms with E-state index in [9.17, 15) is 33.6 Å². The van der Waals surface area contributed by atoms with Gasteiger partial charge >= 0.3 is 5.97 Å². The smallest absolute Gasteiger partial charge is 0.326 e. The molecular weight excluding hydrogens is 394 g/mol. The first-order chi connectivity index (χ1) is 13.3. The molecule has 0 radical (unpaired) electrons. The van der Waals surface area contributed by atoms with Gasteiger partial charge in [0.2, 0.25) is 35.4 Å². The molecule has 0 spiro atoms. The van der Waals surface area contributed by atoms with Gasteiger partial charge in [-0.15, -0.1) is 0 Å². The van der Waals surface area contributed by atoms with Crippen LogP contribution in [-0.4, -0.2) is 71.2 Å². The van der Waals surface area contributed by atoms with Crippen LogP contribution in [0.25, 0.3) is 0 Å². The Morgan fingerprint density at radius 3 is 1.66 bits per heavy atom. The van der Waals surface area contributed by atoms with Crippen molar-refractivity contribution < 1.29 is 38.7 Å². The second-order valence-electron chi connectivity index (χ2n) is 5.86. The predicted octanol–water partition coefficient (Wildman–Crippen LogP) is -5.89. The van der Waals surface area contributed by atoms with Crippen molar-refractivity contribution in [3.05, 3.63) is 0 Å². The van der Waals surface area contributed by atoms with E-state index in [1.165, 1.54) is 0 Å². The third kappa shape index (κ3) is 10.9. The lowest BCUT2D eigenvalue weighted by Crippen LogP contribution is -2.55. The van der Waals surface area contributed by atoms with Crippen molar-refractivity contribution in [2.75, 3.05) is 6.54 Å². The van der Waals surface area contributed by atoms with E-state index < -0.39 is 85.3 Å². The minimum absolute atomic E-state index is 0.518. The summed E-state index contributed by atoms with van der Waals surface area (Å²) in [4.78, 5) is 79.4. The topological polar surface area (TPSA) is 280 Å². The summed E-state index contributed by atoms with van der Waals surface area (Å²) < 4.78 is 0. The average Bonchev–Trinajstić information content (AvgIpc) is 2.56. The first-order valence-corrected chi connectivity index (χ1v) is 8.04. The summed E-state index contributed by atoms with van der Waals surface area (Å²) in [6.07, 6.45) is -1.84. The number of rotatable bonds is 13. The SMILES string of the molecule is NC(=O)C[C@H](NC(=O)CNC(=O)[C@H](CC(N)=O)NC(=O)[C@@H](N)CC(N)=O)C(=O)O. The summed E-state index contributed by atoms with van der Waals surface area (Å²) in [5.74, 6) is -7.30. The maximum atomic E-state index is 12.1. The molecule has 0 aliphatic rings. The van der Waals surface area contributed by atoms with Gasteiger partial charge in [0.25, 0.3) is 0 Å². The van der Waals surface area contributed by atoms with E-state index in [-0.39, 0.29) is 0 Å². The van der Waals surface area contributed by atoms with E-state index in [1.54, 1.807) is 0 Å². The molecule has 0 saturated heterocycles. The fourth-order valence-corrected chi connectivity index (χ4v) is 1.94. The zero-order valence-electron chi connectivity index (χ0n) is 15.2. The Labute approximate surface area is 163 Å². The highest BCUT2D eigenvalue weighted by Gasteiger charge is 2.27. The molecule has 0 saturated carbocycles. The summed E-state index contributed by atoms with van der Waals surface area (Å²) in [7, 11) is 0. The number of carboxylic acids is 1. The number of carboxylic acid groups (broad SMARTS) is 1. The molecule has 15 nitrogen and oxygen atoms in total. The van der Waals surface area contributed by atoms with Crippen LogP contribution in [-0.2, 0) is 33.6 Å². The Morgan fingerprint density at radius 2 is 1.21 bits per heavy atom. The van der Waals surface area contributed by atoms with Crippen LogP contribution in [0.15, 0.2) is 0 Å². The van der Waals surface area contributed by atoms with Crippen molar-refractivity contribution in [2.24, 2.45) is 22.9 Å². The molecule has 0 aromatic carbocycles. The number of nitrogens with two attached hydrogens (primary N) is 4. The van der Waals surface area contributed by atoms with Crippen LogP contribution in [0.5, 0.6) is 0 Å². The van der Waals surface area contributed by atoms with Crippen molar-refractivity contribution in [2.45, 2.75) is 37.4 Å². The molecule has 0 bridgehead atoms. The second-order valence-corrected chi connectivity index (χ2v) is 5.86. The lowest BCUT2D eigenvalue weighted by molar-refractivity contribution is -0.143. The Kier molecular flexibility index (Phi) is 10.3. The van der Waals surface area contributed by atoms with Gasteiger partial charge in [0.1, 0.15) is 12.1 Å². The quantitative estimate of drug-likeness (QED) is 0.141. The van der Waals surface area contributed by atoms with Crippen molar-refractivity contribution >= 4 is 41.4 Å². The summed E-state index contributed by atoms with van der Waals surface area (Å²) >= 11 is 0. The predicted molar refractivity (Wildman–Crippen MR) is 93.9 cm³/mol. The van der Waals surface area contributed by atoms with Gasteiger partial charge in [-0.1, -0.05) is 0 Å². The second kappa shape index (κ2) is 11.9. The van der Waals surface area contributed by atoms with E-state index >= 15 is 0 Å². The van der Waals surface area contributed by atoms with Crippen LogP contribution < -0.4 is 38.9 Å². The molecule has 0 aliphatic heterocycles. The molecule has 0 aromatic rings. The number of carbonyl (C=O) groups is 7. The molecular formula is C14H23N7O8. The highest BCUT2D eigenvalue weighted by Crippen LogP contribution is 1.96. The number of hydrogen-bond donors (Lipinski definition) is 8. The van der Waals surface area contributed by atoms with Crippen molar-refractivity contribution in [3.8, 4) is 0 Å². The highest BCUT2D eigenvalue weighted by molar-refractivity contribution is 5.96. The largest absolute Gasteiger partial charge is 0.480 e. The minimum Gasteiger partial charge on any atom is -0.480 e. The van der Waals surface area contributed by atoms with Crippen LogP contribution in [0.3, 0.4) is 0 Å². The van der Waals surface area contributed by atoms with Gasteiger partial charge in [0, 0.05) is 0 Å².